The van der Waals surface area contributed by atoms with E-state index in [9.17, 15) is 23.1 Å². The molecule has 4 rings (SSSR count). The summed E-state index contributed by atoms with van der Waals surface area (Å²) in [5.74, 6) is -0.888. The summed E-state index contributed by atoms with van der Waals surface area (Å²) in [6, 6.07) is 7.01. The smallest absolute Gasteiger partial charge is 0.432 e. The van der Waals surface area contributed by atoms with Gasteiger partial charge < -0.3 is 14.6 Å². The monoisotopic (exact) mass is 660 g/mol. The number of benzene rings is 1. The van der Waals surface area contributed by atoms with E-state index in [2.05, 4.69) is 41.2 Å². The quantitative estimate of drug-likeness (QED) is 0.200. The van der Waals surface area contributed by atoms with Crippen LogP contribution in [-0.4, -0.2) is 36.1 Å². The number of hydrogen-bond donors (Lipinski definition) is 1. The van der Waals surface area contributed by atoms with Gasteiger partial charge in [0, 0.05) is 12.7 Å². The van der Waals surface area contributed by atoms with Crippen LogP contribution in [0, 0.1) is 34.0 Å². The van der Waals surface area contributed by atoms with Gasteiger partial charge in [-0.15, -0.1) is 0 Å². The van der Waals surface area contributed by atoms with Crippen molar-refractivity contribution in [3.63, 3.8) is 0 Å². The van der Waals surface area contributed by atoms with Crippen molar-refractivity contribution in [1.29, 1.82) is 0 Å². The van der Waals surface area contributed by atoms with E-state index in [0.717, 1.165) is 64.0 Å². The number of alkyl halides is 3. The van der Waals surface area contributed by atoms with E-state index in [1.165, 1.54) is 30.7 Å². The van der Waals surface area contributed by atoms with Crippen molar-refractivity contribution in [3.05, 3.63) is 59.7 Å². The number of allylic oxidation sites excluding steroid dienone is 2. The van der Waals surface area contributed by atoms with E-state index in [0.29, 0.717) is 24.3 Å². The van der Waals surface area contributed by atoms with Crippen molar-refractivity contribution in [2.75, 3.05) is 7.11 Å². The highest BCUT2D eigenvalue weighted by molar-refractivity contribution is 5.83. The Labute approximate surface area is 281 Å². The molecule has 264 valence electrons. The molecule has 7 heteroatoms. The third-order valence-electron chi connectivity index (χ3n) is 12.8. The van der Waals surface area contributed by atoms with Crippen molar-refractivity contribution < 1.29 is 32.5 Å². The number of halogens is 3. The van der Waals surface area contributed by atoms with Crippen molar-refractivity contribution >= 4 is 5.97 Å². The van der Waals surface area contributed by atoms with Crippen LogP contribution in [0.5, 0.6) is 0 Å². The first-order chi connectivity index (χ1) is 21.7. The lowest BCUT2D eigenvalue weighted by Gasteiger charge is -2.61. The zero-order valence-corrected chi connectivity index (χ0v) is 30.1. The fourth-order valence-electron chi connectivity index (χ4n) is 10.2. The van der Waals surface area contributed by atoms with Crippen LogP contribution < -0.4 is 0 Å². The third-order valence-corrected chi connectivity index (χ3v) is 12.8. The van der Waals surface area contributed by atoms with Crippen LogP contribution in [0.25, 0.3) is 0 Å². The molecule has 3 saturated carbocycles. The number of carbonyl (C=O) groups excluding carboxylic acids is 1. The molecule has 0 spiro atoms. The van der Waals surface area contributed by atoms with Crippen LogP contribution in [0.1, 0.15) is 125 Å². The lowest BCUT2D eigenvalue weighted by molar-refractivity contribution is -0.278. The molecule has 3 aliphatic carbocycles. The summed E-state index contributed by atoms with van der Waals surface area (Å²) < 4.78 is 55.6. The Morgan fingerprint density at radius 3 is 2.26 bits per heavy atom. The first-order valence-corrected chi connectivity index (χ1v) is 17.7. The van der Waals surface area contributed by atoms with Gasteiger partial charge in [0.15, 0.2) is 0 Å². The minimum Gasteiger partial charge on any atom is -0.455 e. The molecule has 0 radical (unpaired) electrons. The molecule has 4 nitrogen and oxygen atoms in total. The van der Waals surface area contributed by atoms with E-state index in [4.69, 9.17) is 9.47 Å². The topological polar surface area (TPSA) is 55.8 Å². The van der Waals surface area contributed by atoms with Gasteiger partial charge in [-0.05, 0) is 118 Å². The summed E-state index contributed by atoms with van der Waals surface area (Å²) >= 11 is 0. The predicted molar refractivity (Wildman–Crippen MR) is 182 cm³/mol. The number of fused-ring (bicyclic) bond motifs is 1. The summed E-state index contributed by atoms with van der Waals surface area (Å²) in [5.41, 5.74) is -2.53. The zero-order valence-electron chi connectivity index (χ0n) is 30.1. The second-order valence-electron chi connectivity index (χ2n) is 16.8. The largest absolute Gasteiger partial charge is 0.455 e. The summed E-state index contributed by atoms with van der Waals surface area (Å²) in [7, 11) is 0.905. The molecular formula is C40H59F3O4. The molecule has 7 atom stereocenters. The molecule has 0 amide bonds. The molecule has 3 aliphatic rings. The van der Waals surface area contributed by atoms with E-state index in [1.54, 1.807) is 6.07 Å². The summed E-state index contributed by atoms with van der Waals surface area (Å²) in [4.78, 5) is 13.9. The second kappa shape index (κ2) is 13.7. The van der Waals surface area contributed by atoms with E-state index in [1.807, 2.05) is 19.9 Å². The summed E-state index contributed by atoms with van der Waals surface area (Å²) in [6.45, 7) is 19.6. The predicted octanol–water partition coefficient (Wildman–Crippen LogP) is 10.5. The molecule has 0 aromatic heterocycles. The normalized spacial score (nSPS) is 33.0. The van der Waals surface area contributed by atoms with Crippen LogP contribution in [0.2, 0.25) is 0 Å². The van der Waals surface area contributed by atoms with Crippen LogP contribution >= 0.6 is 0 Å². The Bertz CT molecular complexity index is 1300. The van der Waals surface area contributed by atoms with E-state index < -0.39 is 29.5 Å². The van der Waals surface area contributed by atoms with Gasteiger partial charge in [0.05, 0.1) is 5.60 Å². The van der Waals surface area contributed by atoms with Crippen LogP contribution in [0.3, 0.4) is 0 Å². The first-order valence-electron chi connectivity index (χ1n) is 17.7. The van der Waals surface area contributed by atoms with Gasteiger partial charge in [-0.3, -0.25) is 0 Å². The molecular weight excluding hydrogens is 601 g/mol. The molecule has 47 heavy (non-hydrogen) atoms. The van der Waals surface area contributed by atoms with Crippen LogP contribution in [0.15, 0.2) is 54.1 Å². The van der Waals surface area contributed by atoms with E-state index >= 15 is 0 Å². The lowest BCUT2D eigenvalue weighted by Crippen LogP contribution is -2.57. The standard InChI is InChI=1S/C40H59F3O4/c1-27-17-14-22-35(3,4)30(27)26-31(47-34(44)39(46-9,40(41,42)43)29-18-11-10-12-19-29)28(2)16-13-20-33-37(7)24-15-23-36(5,6)32(37)21-25-38(33,8)45/h10-12,16,18-19,30-33,45H,1,13-15,17,20-26H2,2-9H3/b28-16+/t30-,31+,32+,33-,37+,38-,39?/m1/s1. The number of ether oxygens (including phenoxy) is 2. The van der Waals surface area contributed by atoms with E-state index in [-0.39, 0.29) is 33.6 Å². The summed E-state index contributed by atoms with van der Waals surface area (Å²) in [6.07, 6.45) is 5.82. The zero-order chi connectivity index (χ0) is 35.1. The van der Waals surface area contributed by atoms with Gasteiger partial charge in [0.2, 0.25) is 0 Å². The average Bonchev–Trinajstić information content (AvgIpc) is 2.95. The van der Waals surface area contributed by atoms with Crippen molar-refractivity contribution in [1.82, 2.24) is 0 Å². The Morgan fingerprint density at radius 2 is 1.66 bits per heavy atom. The fourth-order valence-corrected chi connectivity index (χ4v) is 10.2. The second-order valence-corrected chi connectivity index (χ2v) is 16.8. The van der Waals surface area contributed by atoms with Crippen molar-refractivity contribution in [3.8, 4) is 0 Å². The Kier molecular flexibility index (Phi) is 10.9. The van der Waals surface area contributed by atoms with Gasteiger partial charge in [-0.1, -0.05) is 89.6 Å². The fraction of sp³-hybridized carbons (Fsp3) is 0.725. The number of methoxy groups -OCH3 is 1. The molecule has 0 aliphatic heterocycles. The SMILES string of the molecule is C=C1CCCC(C)(C)[C@@H]1C[C@H](OC(=O)C(OC)(c1ccccc1)C(F)(F)F)/C(C)=C/CC[C@@H]1[C@@]2(C)CCCC(C)(C)[C@@H]2CC[C@@]1(C)O. The third kappa shape index (κ3) is 7.27. The van der Waals surface area contributed by atoms with Crippen LogP contribution in [-0.2, 0) is 19.9 Å². The number of carbonyl (C=O) groups is 1. The highest BCUT2D eigenvalue weighted by atomic mass is 19.4. The number of rotatable bonds is 10. The van der Waals surface area contributed by atoms with Gasteiger partial charge in [0.1, 0.15) is 6.10 Å². The van der Waals surface area contributed by atoms with Gasteiger partial charge in [-0.2, -0.15) is 13.2 Å². The minimum atomic E-state index is -5.05. The molecule has 0 heterocycles. The first kappa shape index (κ1) is 37.7. The highest BCUT2D eigenvalue weighted by Crippen LogP contribution is 2.63. The Morgan fingerprint density at radius 1 is 1.02 bits per heavy atom. The number of hydrogen-bond acceptors (Lipinski definition) is 4. The van der Waals surface area contributed by atoms with Gasteiger partial charge in [-0.25, -0.2) is 4.79 Å². The maximum Gasteiger partial charge on any atom is 0.432 e. The Balaban J connectivity index is 1.66. The maximum atomic E-state index is 14.8. The average molecular weight is 661 g/mol. The molecule has 1 aromatic rings. The molecule has 1 N–H and O–H groups in total. The van der Waals surface area contributed by atoms with Gasteiger partial charge >= 0.3 is 12.1 Å². The molecule has 3 fully saturated rings. The molecule has 1 aromatic carbocycles. The number of esters is 1. The highest BCUT2D eigenvalue weighted by Gasteiger charge is 2.64. The Hall–Kier alpha value is -2.12. The molecule has 0 bridgehead atoms. The minimum absolute atomic E-state index is 0.00142. The lowest BCUT2D eigenvalue weighted by atomic mass is 9.45. The molecule has 1 unspecified atom stereocenters. The van der Waals surface area contributed by atoms with Crippen LogP contribution in [0.4, 0.5) is 13.2 Å². The summed E-state index contributed by atoms with van der Waals surface area (Å²) in [5, 5.41) is 11.7. The molecule has 0 saturated heterocycles. The van der Waals surface area contributed by atoms with Crippen molar-refractivity contribution in [2.24, 2.45) is 34.0 Å². The van der Waals surface area contributed by atoms with Gasteiger partial charge in [0.25, 0.3) is 5.60 Å². The van der Waals surface area contributed by atoms with Crippen molar-refractivity contribution in [2.45, 2.75) is 143 Å². The maximum absolute atomic E-state index is 14.8. The number of aliphatic hydroxyl groups is 1.